The number of benzene rings is 2. The largest absolute Gasteiger partial charge is 0.342 e. The molecule has 4 rings (SSSR count). The molecule has 7 heteroatoms. The molecule has 0 saturated carbocycles. The van der Waals surface area contributed by atoms with Gasteiger partial charge in [0.2, 0.25) is 0 Å². The van der Waals surface area contributed by atoms with E-state index in [0.717, 1.165) is 16.6 Å². The second-order valence-corrected chi connectivity index (χ2v) is 6.76. The SMILES string of the molecule is O=C(N[C@@H](Cn1cnc2ccccc21)c1ccc(F)cc1)c1cc(Cl)ccn1. The molecule has 0 bridgehead atoms. The number of para-hydroxylation sites is 2. The van der Waals surface area contributed by atoms with Crippen LogP contribution in [-0.2, 0) is 6.54 Å². The first-order valence-corrected chi connectivity index (χ1v) is 9.06. The first-order chi connectivity index (χ1) is 13.6. The highest BCUT2D eigenvalue weighted by atomic mass is 35.5. The molecule has 0 aliphatic heterocycles. The summed E-state index contributed by atoms with van der Waals surface area (Å²) in [5, 5.41) is 3.40. The van der Waals surface area contributed by atoms with Gasteiger partial charge in [0.25, 0.3) is 5.91 Å². The third-order valence-corrected chi connectivity index (χ3v) is 4.67. The average Bonchev–Trinajstić information content (AvgIpc) is 3.11. The summed E-state index contributed by atoms with van der Waals surface area (Å²) in [5.41, 5.74) is 2.80. The van der Waals surface area contributed by atoms with E-state index in [1.165, 1.54) is 24.4 Å². The summed E-state index contributed by atoms with van der Waals surface area (Å²) in [4.78, 5) is 21.2. The highest BCUT2D eigenvalue weighted by Gasteiger charge is 2.18. The molecule has 0 radical (unpaired) electrons. The molecule has 0 aliphatic carbocycles. The molecule has 2 aromatic carbocycles. The molecule has 1 atom stereocenters. The Morgan fingerprint density at radius 1 is 1.11 bits per heavy atom. The lowest BCUT2D eigenvalue weighted by atomic mass is 10.1. The molecule has 4 aromatic rings. The van der Waals surface area contributed by atoms with E-state index in [2.05, 4.69) is 15.3 Å². The van der Waals surface area contributed by atoms with Crippen LogP contribution in [0, 0.1) is 5.82 Å². The molecule has 0 unspecified atom stereocenters. The van der Waals surface area contributed by atoms with Gasteiger partial charge in [-0.3, -0.25) is 9.78 Å². The third kappa shape index (κ3) is 3.87. The smallest absolute Gasteiger partial charge is 0.270 e. The molecule has 0 aliphatic rings. The van der Waals surface area contributed by atoms with E-state index in [1.54, 1.807) is 24.5 Å². The zero-order valence-electron chi connectivity index (χ0n) is 14.7. The molecule has 2 heterocycles. The van der Waals surface area contributed by atoms with Crippen molar-refractivity contribution in [3.63, 3.8) is 0 Å². The molecule has 0 spiro atoms. The minimum absolute atomic E-state index is 0.218. The number of carbonyl (C=O) groups is 1. The molecule has 28 heavy (non-hydrogen) atoms. The number of amides is 1. The van der Waals surface area contributed by atoms with E-state index >= 15 is 0 Å². The van der Waals surface area contributed by atoms with Gasteiger partial charge in [-0.1, -0.05) is 35.9 Å². The number of hydrogen-bond acceptors (Lipinski definition) is 3. The van der Waals surface area contributed by atoms with Gasteiger partial charge in [0.15, 0.2) is 0 Å². The Kier molecular flexibility index (Phi) is 5.04. The van der Waals surface area contributed by atoms with Crippen LogP contribution in [0.1, 0.15) is 22.1 Å². The van der Waals surface area contributed by atoms with Crippen molar-refractivity contribution in [1.82, 2.24) is 19.9 Å². The fraction of sp³-hybridized carbons (Fsp3) is 0.0952. The predicted molar refractivity (Wildman–Crippen MR) is 106 cm³/mol. The monoisotopic (exact) mass is 394 g/mol. The second kappa shape index (κ2) is 7.78. The number of nitrogens with one attached hydrogen (secondary N) is 1. The van der Waals surface area contributed by atoms with Crippen molar-refractivity contribution in [2.75, 3.05) is 0 Å². The van der Waals surface area contributed by atoms with Gasteiger partial charge in [-0.05, 0) is 42.0 Å². The minimum atomic E-state index is -0.411. The van der Waals surface area contributed by atoms with Crippen molar-refractivity contribution in [1.29, 1.82) is 0 Å². The first-order valence-electron chi connectivity index (χ1n) is 8.68. The molecule has 1 N–H and O–H groups in total. The molecule has 1 amide bonds. The van der Waals surface area contributed by atoms with Gasteiger partial charge in [0.1, 0.15) is 11.5 Å². The number of pyridine rings is 1. The van der Waals surface area contributed by atoms with Gasteiger partial charge in [0.05, 0.1) is 23.4 Å². The van der Waals surface area contributed by atoms with Gasteiger partial charge in [-0.15, -0.1) is 0 Å². The van der Waals surface area contributed by atoms with E-state index in [-0.39, 0.29) is 17.4 Å². The van der Waals surface area contributed by atoms with E-state index in [1.807, 2.05) is 28.8 Å². The molecule has 5 nitrogen and oxygen atoms in total. The van der Waals surface area contributed by atoms with Crippen molar-refractivity contribution < 1.29 is 9.18 Å². The van der Waals surface area contributed by atoms with Crippen molar-refractivity contribution in [3.8, 4) is 0 Å². The molecule has 0 fully saturated rings. The van der Waals surface area contributed by atoms with Crippen LogP contribution in [-0.4, -0.2) is 20.4 Å². The standard InChI is InChI=1S/C21H16ClFN4O/c22-15-9-10-24-18(11-15)21(28)26-19(14-5-7-16(23)8-6-14)12-27-13-25-17-3-1-2-4-20(17)27/h1-11,13,19H,12H2,(H,26,28)/t19-/m0/s1. The van der Waals surface area contributed by atoms with E-state index in [9.17, 15) is 9.18 Å². The maximum absolute atomic E-state index is 13.4. The number of aromatic nitrogens is 3. The summed E-state index contributed by atoms with van der Waals surface area (Å²) < 4.78 is 15.3. The second-order valence-electron chi connectivity index (χ2n) is 6.32. The average molecular weight is 395 g/mol. The maximum Gasteiger partial charge on any atom is 0.270 e. The Morgan fingerprint density at radius 3 is 2.68 bits per heavy atom. The maximum atomic E-state index is 13.4. The molecular weight excluding hydrogens is 379 g/mol. The Hall–Kier alpha value is -3.25. The van der Waals surface area contributed by atoms with Crippen LogP contribution in [0.25, 0.3) is 11.0 Å². The Morgan fingerprint density at radius 2 is 1.89 bits per heavy atom. The van der Waals surface area contributed by atoms with Gasteiger partial charge >= 0.3 is 0 Å². The van der Waals surface area contributed by atoms with Gasteiger partial charge in [-0.25, -0.2) is 9.37 Å². The zero-order chi connectivity index (χ0) is 19.5. The van der Waals surface area contributed by atoms with E-state index in [4.69, 9.17) is 11.6 Å². The number of hydrogen-bond donors (Lipinski definition) is 1. The number of nitrogens with zero attached hydrogens (tertiary/aromatic N) is 3. The van der Waals surface area contributed by atoms with Crippen molar-refractivity contribution in [2.45, 2.75) is 12.6 Å². The summed E-state index contributed by atoms with van der Waals surface area (Å²) in [7, 11) is 0. The highest BCUT2D eigenvalue weighted by Crippen LogP contribution is 2.20. The van der Waals surface area contributed by atoms with Gasteiger partial charge < -0.3 is 9.88 Å². The zero-order valence-corrected chi connectivity index (χ0v) is 15.5. The predicted octanol–water partition coefficient (Wildman–Crippen LogP) is 4.40. The molecule has 140 valence electrons. The molecule has 0 saturated heterocycles. The number of halogens is 2. The van der Waals surface area contributed by atoms with Crippen molar-refractivity contribution >= 4 is 28.5 Å². The fourth-order valence-corrected chi connectivity index (χ4v) is 3.20. The summed E-state index contributed by atoms with van der Waals surface area (Å²) in [6.07, 6.45) is 3.21. The summed E-state index contributed by atoms with van der Waals surface area (Å²) in [6.45, 7) is 0.429. The minimum Gasteiger partial charge on any atom is -0.342 e. The normalized spacial score (nSPS) is 12.1. The van der Waals surface area contributed by atoms with E-state index < -0.39 is 6.04 Å². The lowest BCUT2D eigenvalue weighted by Crippen LogP contribution is -2.32. The Balaban J connectivity index is 1.65. The van der Waals surface area contributed by atoms with Crippen LogP contribution in [0.2, 0.25) is 5.02 Å². The topological polar surface area (TPSA) is 59.8 Å². The van der Waals surface area contributed by atoms with Crippen LogP contribution in [0.15, 0.2) is 73.2 Å². The van der Waals surface area contributed by atoms with Gasteiger partial charge in [-0.2, -0.15) is 0 Å². The van der Waals surface area contributed by atoms with Crippen LogP contribution in [0.5, 0.6) is 0 Å². The van der Waals surface area contributed by atoms with Gasteiger partial charge in [0, 0.05) is 17.8 Å². The number of imidazole rings is 1. The Labute approximate surface area is 165 Å². The quantitative estimate of drug-likeness (QED) is 0.546. The first kappa shape index (κ1) is 18.1. The molecule has 2 aromatic heterocycles. The molecular formula is C21H16ClFN4O. The summed E-state index contributed by atoms with van der Waals surface area (Å²) in [6, 6.07) is 16.5. The van der Waals surface area contributed by atoms with Crippen LogP contribution >= 0.6 is 11.6 Å². The van der Waals surface area contributed by atoms with Crippen molar-refractivity contribution in [3.05, 3.63) is 95.3 Å². The lowest BCUT2D eigenvalue weighted by Gasteiger charge is -2.20. The Bertz CT molecular complexity index is 1130. The summed E-state index contributed by atoms with van der Waals surface area (Å²) in [5.74, 6) is -0.695. The number of rotatable bonds is 5. The highest BCUT2D eigenvalue weighted by molar-refractivity contribution is 6.30. The summed E-state index contributed by atoms with van der Waals surface area (Å²) >= 11 is 5.97. The van der Waals surface area contributed by atoms with Crippen LogP contribution < -0.4 is 5.32 Å². The van der Waals surface area contributed by atoms with E-state index in [0.29, 0.717) is 11.6 Å². The number of carbonyl (C=O) groups excluding carboxylic acids is 1. The van der Waals surface area contributed by atoms with Crippen LogP contribution in [0.4, 0.5) is 4.39 Å². The fourth-order valence-electron chi connectivity index (χ4n) is 3.04. The number of fused-ring (bicyclic) bond motifs is 1. The lowest BCUT2D eigenvalue weighted by molar-refractivity contribution is 0.0928. The van der Waals surface area contributed by atoms with Crippen molar-refractivity contribution in [2.24, 2.45) is 0 Å². The van der Waals surface area contributed by atoms with Crippen LogP contribution in [0.3, 0.4) is 0 Å². The third-order valence-electron chi connectivity index (χ3n) is 4.44.